The molecule has 1 amide bonds. The van der Waals surface area contributed by atoms with Crippen LogP contribution in [0.15, 0.2) is 35.7 Å². The summed E-state index contributed by atoms with van der Waals surface area (Å²) in [5, 5.41) is 2.95. The van der Waals surface area contributed by atoms with Crippen LogP contribution in [-0.2, 0) is 14.3 Å². The van der Waals surface area contributed by atoms with Gasteiger partial charge in [0.2, 0.25) is 0 Å². The van der Waals surface area contributed by atoms with Gasteiger partial charge in [0.25, 0.3) is 5.91 Å². The van der Waals surface area contributed by atoms with Gasteiger partial charge in [-0.1, -0.05) is 17.6 Å². The van der Waals surface area contributed by atoms with Crippen LogP contribution in [0.1, 0.15) is 19.4 Å². The minimum absolute atomic E-state index is 0.0964. The van der Waals surface area contributed by atoms with Crippen LogP contribution in [0, 0.1) is 0 Å². The smallest absolute Gasteiger partial charge is 0.260 e. The molecule has 0 bridgehead atoms. The third-order valence-corrected chi connectivity index (χ3v) is 4.77. The van der Waals surface area contributed by atoms with E-state index >= 15 is 0 Å². The van der Waals surface area contributed by atoms with Crippen LogP contribution in [0.4, 0.5) is 5.69 Å². The summed E-state index contributed by atoms with van der Waals surface area (Å²) in [5.41, 5.74) is 4.18. The molecule has 3 heterocycles. The fraction of sp³-hybridized carbons (Fsp3) is 0.389. The average Bonchev–Trinajstić information content (AvgIpc) is 3.02. The second kappa shape index (κ2) is 5.41. The molecule has 0 aromatic heterocycles. The molecule has 0 atom stereocenters. The second-order valence-electron chi connectivity index (χ2n) is 6.98. The highest BCUT2D eigenvalue weighted by Crippen LogP contribution is 2.41. The number of fused-ring (bicyclic) bond motifs is 1. The SMILES string of the molecule is Bc1ccc2c(c1)NC(=O)/C2=C1\C=C(N2CCOCC2)C(C)(C)O1. The molecule has 3 aliphatic heterocycles. The molecule has 4 rings (SSSR count). The fourth-order valence-electron chi connectivity index (χ4n) is 3.59. The second-order valence-corrected chi connectivity index (χ2v) is 6.98. The normalized spacial score (nSPS) is 25.2. The lowest BCUT2D eigenvalue weighted by Crippen LogP contribution is -2.41. The first-order valence-electron chi connectivity index (χ1n) is 8.36. The summed E-state index contributed by atoms with van der Waals surface area (Å²) in [7, 11) is 2.02. The fourth-order valence-corrected chi connectivity index (χ4v) is 3.59. The first-order valence-corrected chi connectivity index (χ1v) is 8.36. The number of morpholine rings is 1. The minimum Gasteiger partial charge on any atom is -0.481 e. The van der Waals surface area contributed by atoms with Gasteiger partial charge in [-0.05, 0) is 19.9 Å². The summed E-state index contributed by atoms with van der Waals surface area (Å²) < 4.78 is 11.6. The molecule has 1 saturated heterocycles. The summed E-state index contributed by atoms with van der Waals surface area (Å²) in [4.78, 5) is 14.8. The molecule has 0 aliphatic carbocycles. The van der Waals surface area contributed by atoms with Crippen molar-refractivity contribution in [1.29, 1.82) is 0 Å². The zero-order valence-corrected chi connectivity index (χ0v) is 14.3. The number of nitrogens with zero attached hydrogens (tertiary/aromatic N) is 1. The Hall–Kier alpha value is -2.21. The van der Waals surface area contributed by atoms with Crippen LogP contribution in [0.2, 0.25) is 0 Å². The lowest BCUT2D eigenvalue weighted by Gasteiger charge is -2.35. The van der Waals surface area contributed by atoms with Crippen LogP contribution in [-0.4, -0.2) is 50.6 Å². The van der Waals surface area contributed by atoms with Crippen molar-refractivity contribution in [3.63, 3.8) is 0 Å². The summed E-state index contributed by atoms with van der Waals surface area (Å²) in [5.74, 6) is 0.558. The van der Waals surface area contributed by atoms with Gasteiger partial charge in [0.05, 0.1) is 24.5 Å². The Morgan fingerprint density at radius 2 is 2.00 bits per heavy atom. The van der Waals surface area contributed by atoms with Gasteiger partial charge in [-0.3, -0.25) is 4.79 Å². The first kappa shape index (κ1) is 15.3. The standard InChI is InChI=1S/C18H21BN2O3/c1-18(2)15(21-5-7-23-8-6-21)10-14(24-18)16-12-4-3-11(19)9-13(12)20-17(16)22/h3-4,9-10H,5-8,19H2,1-2H3,(H,20,22)/b16-14+. The van der Waals surface area contributed by atoms with Crippen LogP contribution >= 0.6 is 0 Å². The molecule has 1 aromatic carbocycles. The maximum atomic E-state index is 12.5. The summed E-state index contributed by atoms with van der Waals surface area (Å²) in [6, 6.07) is 6.00. The van der Waals surface area contributed by atoms with Crippen molar-refractivity contribution in [1.82, 2.24) is 4.90 Å². The van der Waals surface area contributed by atoms with E-state index in [4.69, 9.17) is 9.47 Å². The number of hydrogen-bond acceptors (Lipinski definition) is 4. The van der Waals surface area contributed by atoms with Gasteiger partial charge in [-0.2, -0.15) is 0 Å². The molecule has 6 heteroatoms. The molecule has 3 aliphatic rings. The topological polar surface area (TPSA) is 50.8 Å². The Morgan fingerprint density at radius 3 is 2.75 bits per heavy atom. The van der Waals surface area contributed by atoms with Gasteiger partial charge in [0.1, 0.15) is 19.2 Å². The Kier molecular flexibility index (Phi) is 3.46. The molecular weight excluding hydrogens is 303 g/mol. The molecule has 0 saturated carbocycles. The van der Waals surface area contributed by atoms with Gasteiger partial charge in [0.15, 0.2) is 0 Å². The number of carbonyl (C=O) groups is 1. The van der Waals surface area contributed by atoms with Gasteiger partial charge in [0, 0.05) is 30.4 Å². The number of amides is 1. The number of ether oxygens (including phenoxy) is 2. The molecular formula is C18H21BN2O3. The predicted molar refractivity (Wildman–Crippen MR) is 95.8 cm³/mol. The molecule has 1 fully saturated rings. The molecule has 0 unspecified atom stereocenters. The first-order chi connectivity index (χ1) is 11.5. The third-order valence-electron chi connectivity index (χ3n) is 4.77. The van der Waals surface area contributed by atoms with E-state index in [0.717, 1.165) is 48.7 Å². The number of carbonyl (C=O) groups excluding carboxylic acids is 1. The third kappa shape index (κ3) is 2.42. The summed E-state index contributed by atoms with van der Waals surface area (Å²) in [6.07, 6.45) is 2.02. The Morgan fingerprint density at radius 1 is 1.25 bits per heavy atom. The maximum absolute atomic E-state index is 12.5. The van der Waals surface area contributed by atoms with Crippen LogP contribution in [0.3, 0.4) is 0 Å². The van der Waals surface area contributed by atoms with Crippen molar-refractivity contribution in [2.45, 2.75) is 19.4 Å². The van der Waals surface area contributed by atoms with Gasteiger partial charge in [-0.15, -0.1) is 0 Å². The van der Waals surface area contributed by atoms with E-state index in [0.29, 0.717) is 11.3 Å². The van der Waals surface area contributed by atoms with Crippen LogP contribution in [0.25, 0.3) is 5.57 Å². The summed E-state index contributed by atoms with van der Waals surface area (Å²) in [6.45, 7) is 7.24. The van der Waals surface area contributed by atoms with E-state index in [9.17, 15) is 4.79 Å². The van der Waals surface area contributed by atoms with Crippen molar-refractivity contribution in [2.75, 3.05) is 31.6 Å². The minimum atomic E-state index is -0.451. The molecule has 1 aromatic rings. The maximum Gasteiger partial charge on any atom is 0.260 e. The highest BCUT2D eigenvalue weighted by atomic mass is 16.5. The number of benzene rings is 1. The zero-order valence-electron chi connectivity index (χ0n) is 14.3. The molecule has 24 heavy (non-hydrogen) atoms. The average molecular weight is 324 g/mol. The number of hydrogen-bond donors (Lipinski definition) is 1. The highest BCUT2D eigenvalue weighted by molar-refractivity contribution is 6.36. The van der Waals surface area contributed by atoms with Gasteiger partial charge in [-0.25, -0.2) is 0 Å². The monoisotopic (exact) mass is 324 g/mol. The van der Waals surface area contributed by atoms with Gasteiger partial charge < -0.3 is 19.7 Å². The molecule has 0 spiro atoms. The lowest BCUT2D eigenvalue weighted by atomic mass is 9.93. The molecule has 1 N–H and O–H groups in total. The highest BCUT2D eigenvalue weighted by Gasteiger charge is 2.39. The molecule has 0 radical (unpaired) electrons. The zero-order chi connectivity index (χ0) is 16.9. The van der Waals surface area contributed by atoms with E-state index in [-0.39, 0.29) is 5.91 Å². The predicted octanol–water partition coefficient (Wildman–Crippen LogP) is 0.633. The van der Waals surface area contributed by atoms with Crippen molar-refractivity contribution in [3.8, 4) is 0 Å². The number of nitrogens with one attached hydrogen (secondary N) is 1. The molecule has 5 nitrogen and oxygen atoms in total. The van der Waals surface area contributed by atoms with E-state index in [1.807, 2.05) is 46.0 Å². The lowest BCUT2D eigenvalue weighted by molar-refractivity contribution is -0.111. The largest absolute Gasteiger partial charge is 0.481 e. The molecule has 124 valence electrons. The van der Waals surface area contributed by atoms with Gasteiger partial charge >= 0.3 is 0 Å². The number of allylic oxidation sites excluding steroid dienone is 1. The van der Waals surface area contributed by atoms with Crippen molar-refractivity contribution in [2.24, 2.45) is 0 Å². The Balaban J connectivity index is 1.78. The number of anilines is 1. The Labute approximate surface area is 142 Å². The van der Waals surface area contributed by atoms with Crippen molar-refractivity contribution >= 4 is 30.5 Å². The quantitative estimate of drug-likeness (QED) is 0.608. The van der Waals surface area contributed by atoms with Crippen molar-refractivity contribution in [3.05, 3.63) is 41.3 Å². The Bertz CT molecular complexity index is 776. The summed E-state index contributed by atoms with van der Waals surface area (Å²) >= 11 is 0. The van der Waals surface area contributed by atoms with E-state index in [1.54, 1.807) is 0 Å². The number of rotatable bonds is 1. The van der Waals surface area contributed by atoms with E-state index in [1.165, 1.54) is 0 Å². The van der Waals surface area contributed by atoms with E-state index < -0.39 is 5.60 Å². The van der Waals surface area contributed by atoms with Crippen molar-refractivity contribution < 1.29 is 14.3 Å². The van der Waals surface area contributed by atoms with Crippen LogP contribution < -0.4 is 10.8 Å². The van der Waals surface area contributed by atoms with E-state index in [2.05, 4.69) is 10.2 Å². The van der Waals surface area contributed by atoms with Crippen LogP contribution in [0.5, 0.6) is 0 Å².